The molecule has 1 saturated carbocycles. The molecule has 0 saturated heterocycles. The van der Waals surface area contributed by atoms with Gasteiger partial charge in [-0.05, 0) is 68.0 Å². The molecule has 3 nitrogen and oxygen atoms in total. The van der Waals surface area contributed by atoms with Gasteiger partial charge in [-0.3, -0.25) is 4.79 Å². The van der Waals surface area contributed by atoms with Crippen molar-refractivity contribution in [2.75, 3.05) is 5.32 Å². The van der Waals surface area contributed by atoms with E-state index in [1.165, 1.54) is 18.4 Å². The van der Waals surface area contributed by atoms with Crippen molar-refractivity contribution >= 4 is 33.1 Å². The van der Waals surface area contributed by atoms with E-state index >= 15 is 0 Å². The van der Waals surface area contributed by atoms with E-state index in [4.69, 9.17) is 0 Å². The molecule has 1 amide bonds. The van der Waals surface area contributed by atoms with Gasteiger partial charge < -0.3 is 5.32 Å². The molecule has 4 heteroatoms. The smallest absolute Gasteiger partial charge is 0.255 e. The van der Waals surface area contributed by atoms with Crippen LogP contribution in [0.2, 0.25) is 0 Å². The highest BCUT2D eigenvalue weighted by atomic mass is 32.1. The molecule has 1 N–H and O–H groups in total. The molecule has 1 fully saturated rings. The molecule has 0 spiro atoms. The van der Waals surface area contributed by atoms with Gasteiger partial charge in [0.15, 0.2) is 0 Å². The second-order valence-corrected chi connectivity index (χ2v) is 7.45. The van der Waals surface area contributed by atoms with E-state index in [2.05, 4.69) is 22.4 Å². The predicted molar refractivity (Wildman–Crippen MR) is 95.5 cm³/mol. The summed E-state index contributed by atoms with van der Waals surface area (Å²) in [7, 11) is 0. The number of aryl methyl sites for hydroxylation is 2. The number of fused-ring (bicyclic) bond motifs is 1. The number of amides is 1. The molecule has 2 aromatic carbocycles. The molecule has 0 atom stereocenters. The molecular weight excluding hydrogens is 304 g/mol. The van der Waals surface area contributed by atoms with Gasteiger partial charge >= 0.3 is 0 Å². The SMILES string of the molecule is Cc1nc2cc(NC(=O)c3ccc(C4CC4)cc3C)ccc2s1. The highest BCUT2D eigenvalue weighted by molar-refractivity contribution is 7.18. The Morgan fingerprint density at radius 1 is 1.17 bits per heavy atom. The highest BCUT2D eigenvalue weighted by Gasteiger charge is 2.24. The van der Waals surface area contributed by atoms with Gasteiger partial charge in [0.25, 0.3) is 5.91 Å². The van der Waals surface area contributed by atoms with Crippen LogP contribution in [0.3, 0.4) is 0 Å². The zero-order valence-corrected chi connectivity index (χ0v) is 14.0. The molecule has 0 aliphatic heterocycles. The van der Waals surface area contributed by atoms with Crippen molar-refractivity contribution < 1.29 is 4.79 Å². The van der Waals surface area contributed by atoms with Crippen LogP contribution in [0.4, 0.5) is 5.69 Å². The third-order valence-corrected chi connectivity index (χ3v) is 5.25. The molecule has 0 unspecified atom stereocenters. The summed E-state index contributed by atoms with van der Waals surface area (Å²) in [6.45, 7) is 4.00. The number of benzene rings is 2. The molecule has 4 rings (SSSR count). The maximum atomic E-state index is 12.5. The summed E-state index contributed by atoms with van der Waals surface area (Å²) in [5.41, 5.74) is 4.87. The van der Waals surface area contributed by atoms with Gasteiger partial charge in [-0.1, -0.05) is 12.1 Å². The number of hydrogen-bond donors (Lipinski definition) is 1. The maximum Gasteiger partial charge on any atom is 0.255 e. The third-order valence-electron chi connectivity index (χ3n) is 4.30. The number of rotatable bonds is 3. The van der Waals surface area contributed by atoms with Crippen LogP contribution in [-0.2, 0) is 0 Å². The predicted octanol–water partition coefficient (Wildman–Crippen LogP) is 5.04. The van der Waals surface area contributed by atoms with Crippen molar-refractivity contribution in [2.45, 2.75) is 32.6 Å². The van der Waals surface area contributed by atoms with E-state index in [0.29, 0.717) is 5.92 Å². The van der Waals surface area contributed by atoms with Crippen LogP contribution in [0.25, 0.3) is 10.2 Å². The molecule has 1 aromatic heterocycles. The molecule has 23 heavy (non-hydrogen) atoms. The Morgan fingerprint density at radius 3 is 2.74 bits per heavy atom. The number of thiazole rings is 1. The highest BCUT2D eigenvalue weighted by Crippen LogP contribution is 2.40. The Labute approximate surface area is 139 Å². The average molecular weight is 322 g/mol. The molecule has 3 aromatic rings. The fraction of sp³-hybridized carbons (Fsp3) is 0.263. The molecular formula is C19H18N2OS. The van der Waals surface area contributed by atoms with Gasteiger partial charge in [0, 0.05) is 11.3 Å². The number of carbonyl (C=O) groups is 1. The molecule has 0 radical (unpaired) electrons. The topological polar surface area (TPSA) is 42.0 Å². The van der Waals surface area contributed by atoms with Crippen molar-refractivity contribution in [3.8, 4) is 0 Å². The van der Waals surface area contributed by atoms with Gasteiger partial charge in [0.2, 0.25) is 0 Å². The molecule has 0 bridgehead atoms. The first-order chi connectivity index (χ1) is 11.1. The fourth-order valence-electron chi connectivity index (χ4n) is 2.93. The molecule has 1 aliphatic carbocycles. The quantitative estimate of drug-likeness (QED) is 0.733. The van der Waals surface area contributed by atoms with E-state index in [1.807, 2.05) is 38.1 Å². The lowest BCUT2D eigenvalue weighted by Crippen LogP contribution is -2.13. The van der Waals surface area contributed by atoms with Gasteiger partial charge in [-0.25, -0.2) is 4.98 Å². The average Bonchev–Trinajstić information content (AvgIpc) is 3.29. The number of hydrogen-bond acceptors (Lipinski definition) is 3. The van der Waals surface area contributed by atoms with E-state index in [0.717, 1.165) is 32.0 Å². The van der Waals surface area contributed by atoms with E-state index in [-0.39, 0.29) is 5.91 Å². The van der Waals surface area contributed by atoms with Crippen LogP contribution in [0, 0.1) is 13.8 Å². The Hall–Kier alpha value is -2.20. The van der Waals surface area contributed by atoms with Gasteiger partial charge in [-0.15, -0.1) is 11.3 Å². The first-order valence-electron chi connectivity index (χ1n) is 7.89. The Morgan fingerprint density at radius 2 is 2.00 bits per heavy atom. The minimum atomic E-state index is -0.0591. The van der Waals surface area contributed by atoms with Crippen LogP contribution in [0.15, 0.2) is 36.4 Å². The van der Waals surface area contributed by atoms with Crippen LogP contribution in [0.5, 0.6) is 0 Å². The van der Waals surface area contributed by atoms with E-state index < -0.39 is 0 Å². The summed E-state index contributed by atoms with van der Waals surface area (Å²) in [5, 5.41) is 4.03. The summed E-state index contributed by atoms with van der Waals surface area (Å²) in [6.07, 6.45) is 2.55. The lowest BCUT2D eigenvalue weighted by atomic mass is 10.0. The Kier molecular flexibility index (Phi) is 3.42. The lowest BCUT2D eigenvalue weighted by molar-refractivity contribution is 0.102. The van der Waals surface area contributed by atoms with Crippen molar-refractivity contribution in [1.29, 1.82) is 0 Å². The Balaban J connectivity index is 1.58. The Bertz CT molecular complexity index is 909. The van der Waals surface area contributed by atoms with Gasteiger partial charge in [0.05, 0.1) is 15.2 Å². The number of nitrogens with one attached hydrogen (secondary N) is 1. The minimum Gasteiger partial charge on any atom is -0.322 e. The summed E-state index contributed by atoms with van der Waals surface area (Å²) in [4.78, 5) is 17.0. The first kappa shape index (κ1) is 14.4. The van der Waals surface area contributed by atoms with Crippen LogP contribution >= 0.6 is 11.3 Å². The number of nitrogens with zero attached hydrogens (tertiary/aromatic N) is 1. The second-order valence-electron chi connectivity index (χ2n) is 6.22. The van der Waals surface area contributed by atoms with Crippen LogP contribution in [-0.4, -0.2) is 10.9 Å². The number of anilines is 1. The standard InChI is InChI=1S/C19H18N2OS/c1-11-9-14(13-3-4-13)5-7-16(11)19(22)21-15-6-8-18-17(10-15)20-12(2)23-18/h5-10,13H,3-4H2,1-2H3,(H,21,22). The van der Waals surface area contributed by atoms with Crippen molar-refractivity contribution in [3.05, 3.63) is 58.1 Å². The van der Waals surface area contributed by atoms with Gasteiger partial charge in [-0.2, -0.15) is 0 Å². The summed E-state index contributed by atoms with van der Waals surface area (Å²) >= 11 is 1.66. The number of carbonyl (C=O) groups excluding carboxylic acids is 1. The third kappa shape index (κ3) is 2.86. The first-order valence-corrected chi connectivity index (χ1v) is 8.71. The van der Waals surface area contributed by atoms with Crippen molar-refractivity contribution in [2.24, 2.45) is 0 Å². The fourth-order valence-corrected chi connectivity index (χ4v) is 3.74. The normalized spacial score (nSPS) is 14.2. The van der Waals surface area contributed by atoms with Gasteiger partial charge in [0.1, 0.15) is 0 Å². The molecule has 1 heterocycles. The van der Waals surface area contributed by atoms with E-state index in [1.54, 1.807) is 11.3 Å². The van der Waals surface area contributed by atoms with Crippen LogP contribution in [0.1, 0.15) is 45.3 Å². The summed E-state index contributed by atoms with van der Waals surface area (Å²) < 4.78 is 1.14. The lowest BCUT2D eigenvalue weighted by Gasteiger charge is -2.09. The minimum absolute atomic E-state index is 0.0591. The summed E-state index contributed by atoms with van der Waals surface area (Å²) in [5.74, 6) is 0.650. The second kappa shape index (κ2) is 5.46. The van der Waals surface area contributed by atoms with Crippen molar-refractivity contribution in [3.63, 3.8) is 0 Å². The zero-order chi connectivity index (χ0) is 16.0. The maximum absolute atomic E-state index is 12.5. The number of aromatic nitrogens is 1. The largest absolute Gasteiger partial charge is 0.322 e. The monoisotopic (exact) mass is 322 g/mol. The zero-order valence-electron chi connectivity index (χ0n) is 13.2. The summed E-state index contributed by atoms with van der Waals surface area (Å²) in [6, 6.07) is 12.1. The molecule has 1 aliphatic rings. The van der Waals surface area contributed by atoms with Crippen LogP contribution < -0.4 is 5.32 Å². The van der Waals surface area contributed by atoms with Crippen molar-refractivity contribution in [1.82, 2.24) is 4.98 Å². The van der Waals surface area contributed by atoms with E-state index in [9.17, 15) is 4.79 Å². The molecule has 116 valence electrons.